The molecule has 1 aliphatic heterocycles. The Morgan fingerprint density at radius 2 is 1.86 bits per heavy atom. The first kappa shape index (κ1) is 20.9. The average molecular weight is 412 g/mol. The van der Waals surface area contributed by atoms with Gasteiger partial charge in [0.05, 0.1) is 12.8 Å². The number of rotatable bonds is 7. The van der Waals surface area contributed by atoms with Crippen LogP contribution in [-0.2, 0) is 9.59 Å². The van der Waals surface area contributed by atoms with E-state index in [1.165, 1.54) is 11.8 Å². The number of methoxy groups -OCH3 is 1. The molecule has 152 valence electrons. The molecule has 1 atom stereocenters. The largest absolute Gasteiger partial charge is 0.497 e. The second-order valence-corrected chi connectivity index (χ2v) is 7.98. The number of hydrogen-bond donors (Lipinski definition) is 1. The average Bonchev–Trinajstić information content (AvgIpc) is 2.99. The van der Waals surface area contributed by atoms with Crippen LogP contribution in [0.2, 0.25) is 0 Å². The second kappa shape index (κ2) is 9.60. The molecule has 3 rings (SSSR count). The molecule has 1 fully saturated rings. The molecule has 1 heterocycles. The lowest BCUT2D eigenvalue weighted by atomic mass is 10.2. The molecule has 29 heavy (non-hydrogen) atoms. The summed E-state index contributed by atoms with van der Waals surface area (Å²) in [4.78, 5) is 31.6. The molecule has 1 saturated heterocycles. The Hall–Kier alpha value is -2.80. The van der Waals surface area contributed by atoms with E-state index in [0.29, 0.717) is 11.7 Å². The van der Waals surface area contributed by atoms with Crippen molar-refractivity contribution in [2.45, 2.75) is 31.9 Å². The molecule has 0 spiro atoms. The summed E-state index contributed by atoms with van der Waals surface area (Å²) in [5.74, 6) is 0.505. The van der Waals surface area contributed by atoms with E-state index in [-0.39, 0.29) is 18.2 Å². The van der Waals surface area contributed by atoms with Crippen molar-refractivity contribution < 1.29 is 14.3 Å². The summed E-state index contributed by atoms with van der Waals surface area (Å²) in [5, 5.41) is 3.03. The number of amides is 2. The Kier molecular flexibility index (Phi) is 6.93. The summed E-state index contributed by atoms with van der Waals surface area (Å²) < 4.78 is 5.17. The number of aryl methyl sites for hydroxylation is 1. The van der Waals surface area contributed by atoms with Gasteiger partial charge in [-0.05, 0) is 49.7 Å². The van der Waals surface area contributed by atoms with Gasteiger partial charge < -0.3 is 10.1 Å². The van der Waals surface area contributed by atoms with Gasteiger partial charge in [0.2, 0.25) is 11.8 Å². The molecule has 2 aromatic carbocycles. The van der Waals surface area contributed by atoms with Gasteiger partial charge in [0, 0.05) is 18.7 Å². The molecule has 7 heteroatoms. The summed E-state index contributed by atoms with van der Waals surface area (Å²) in [6, 6.07) is 14.9. The van der Waals surface area contributed by atoms with Crippen molar-refractivity contribution in [1.82, 2.24) is 4.90 Å². The quantitative estimate of drug-likeness (QED) is 0.734. The third-order valence-corrected chi connectivity index (χ3v) is 5.65. The van der Waals surface area contributed by atoms with Crippen LogP contribution in [0.25, 0.3) is 0 Å². The van der Waals surface area contributed by atoms with Gasteiger partial charge in [-0.1, -0.05) is 36.4 Å². The number of ether oxygens (including phenoxy) is 1. The van der Waals surface area contributed by atoms with Crippen LogP contribution in [-0.4, -0.2) is 40.8 Å². The van der Waals surface area contributed by atoms with Gasteiger partial charge in [-0.2, -0.15) is 0 Å². The van der Waals surface area contributed by atoms with E-state index in [4.69, 9.17) is 4.74 Å². The summed E-state index contributed by atoms with van der Waals surface area (Å²) in [5.41, 5.74) is 2.60. The lowest BCUT2D eigenvalue weighted by molar-refractivity contribution is -0.128. The summed E-state index contributed by atoms with van der Waals surface area (Å²) in [6.07, 6.45) is 0.926. The number of carbonyl (C=O) groups is 2. The molecule has 0 aromatic heterocycles. The highest BCUT2D eigenvalue weighted by Crippen LogP contribution is 2.32. The Morgan fingerprint density at radius 1 is 1.17 bits per heavy atom. The molecule has 0 saturated carbocycles. The molecule has 1 N–H and O–H groups in total. The van der Waals surface area contributed by atoms with E-state index in [1.807, 2.05) is 62.4 Å². The highest BCUT2D eigenvalue weighted by atomic mass is 32.2. The molecule has 0 bridgehead atoms. The zero-order valence-electron chi connectivity index (χ0n) is 16.8. The van der Waals surface area contributed by atoms with Crippen LogP contribution in [0.1, 0.15) is 25.3 Å². The normalized spacial score (nSPS) is 17.6. The monoisotopic (exact) mass is 411 g/mol. The van der Waals surface area contributed by atoms with Crippen molar-refractivity contribution in [3.8, 4) is 5.75 Å². The van der Waals surface area contributed by atoms with Gasteiger partial charge in [0.1, 0.15) is 11.0 Å². The predicted octanol–water partition coefficient (Wildman–Crippen LogP) is 4.37. The fraction of sp³-hybridized carbons (Fsp3) is 0.318. The molecule has 0 radical (unpaired) electrons. The molecule has 2 amide bonds. The summed E-state index contributed by atoms with van der Waals surface area (Å²) in [7, 11) is 1.61. The first-order valence-electron chi connectivity index (χ1n) is 9.57. The van der Waals surface area contributed by atoms with Crippen LogP contribution in [0.3, 0.4) is 0 Å². The highest BCUT2D eigenvalue weighted by molar-refractivity contribution is 8.15. The van der Waals surface area contributed by atoms with Crippen molar-refractivity contribution in [2.75, 3.05) is 19.0 Å². The molecule has 2 aromatic rings. The Balaban J connectivity index is 1.71. The molecule has 0 aliphatic carbocycles. The number of carbonyl (C=O) groups excluding carboxylic acids is 2. The Bertz CT molecular complexity index is 895. The molecule has 6 nitrogen and oxygen atoms in total. The number of thioether (sulfide) groups is 1. The van der Waals surface area contributed by atoms with Crippen molar-refractivity contribution in [3.05, 3.63) is 54.1 Å². The molecular formula is C22H25N3O3S. The van der Waals surface area contributed by atoms with E-state index < -0.39 is 5.25 Å². The Morgan fingerprint density at radius 3 is 2.48 bits per heavy atom. The van der Waals surface area contributed by atoms with Crippen LogP contribution in [0.5, 0.6) is 5.75 Å². The first-order valence-corrected chi connectivity index (χ1v) is 10.5. The number of aliphatic imine (C=N–C) groups is 1. The maximum atomic E-state index is 12.9. The minimum atomic E-state index is -0.469. The topological polar surface area (TPSA) is 71.0 Å². The number of hydrogen-bond acceptors (Lipinski definition) is 5. The van der Waals surface area contributed by atoms with Gasteiger partial charge in [-0.15, -0.1) is 0 Å². The smallest absolute Gasteiger partial charge is 0.242 e. The Labute approximate surface area is 175 Å². The fourth-order valence-electron chi connectivity index (χ4n) is 2.94. The lowest BCUT2D eigenvalue weighted by Gasteiger charge is -2.15. The maximum Gasteiger partial charge on any atom is 0.242 e. The van der Waals surface area contributed by atoms with Crippen molar-refractivity contribution >= 4 is 40.1 Å². The number of amidine groups is 1. The van der Waals surface area contributed by atoms with Crippen LogP contribution >= 0.6 is 11.8 Å². The van der Waals surface area contributed by atoms with Crippen LogP contribution in [0.4, 0.5) is 11.4 Å². The maximum absolute atomic E-state index is 12.9. The SMILES string of the molecule is CCCN1C(=O)[C@@H](CC(=O)Nc2ccc(C)cc2)SC1=Nc1ccc(OC)cc1. The summed E-state index contributed by atoms with van der Waals surface area (Å²) >= 11 is 1.35. The van der Waals surface area contributed by atoms with Crippen LogP contribution in [0, 0.1) is 6.92 Å². The van der Waals surface area contributed by atoms with Crippen molar-refractivity contribution in [3.63, 3.8) is 0 Å². The van der Waals surface area contributed by atoms with Gasteiger partial charge in [0.25, 0.3) is 0 Å². The second-order valence-electron chi connectivity index (χ2n) is 6.81. The van der Waals surface area contributed by atoms with E-state index in [1.54, 1.807) is 12.0 Å². The molecular weight excluding hydrogens is 386 g/mol. The highest BCUT2D eigenvalue weighted by Gasteiger charge is 2.38. The number of nitrogens with zero attached hydrogens (tertiary/aromatic N) is 2. The molecule has 1 aliphatic rings. The van der Waals surface area contributed by atoms with E-state index in [9.17, 15) is 9.59 Å². The van der Waals surface area contributed by atoms with E-state index in [2.05, 4.69) is 10.3 Å². The fourth-order valence-corrected chi connectivity index (χ4v) is 4.12. The molecule has 0 unspecified atom stereocenters. The number of nitrogens with one attached hydrogen (secondary N) is 1. The lowest BCUT2D eigenvalue weighted by Crippen LogP contribution is -2.34. The number of anilines is 1. The zero-order valence-corrected chi connectivity index (χ0v) is 17.7. The van der Waals surface area contributed by atoms with Crippen molar-refractivity contribution in [1.29, 1.82) is 0 Å². The van der Waals surface area contributed by atoms with E-state index in [0.717, 1.165) is 29.1 Å². The minimum Gasteiger partial charge on any atom is -0.497 e. The zero-order chi connectivity index (χ0) is 20.8. The summed E-state index contributed by atoms with van der Waals surface area (Å²) in [6.45, 7) is 4.59. The van der Waals surface area contributed by atoms with Crippen molar-refractivity contribution in [2.24, 2.45) is 4.99 Å². The third-order valence-electron chi connectivity index (χ3n) is 4.47. The van der Waals surface area contributed by atoms with Gasteiger partial charge >= 0.3 is 0 Å². The van der Waals surface area contributed by atoms with Crippen LogP contribution in [0.15, 0.2) is 53.5 Å². The predicted molar refractivity (Wildman–Crippen MR) is 118 cm³/mol. The first-order chi connectivity index (χ1) is 14.0. The van der Waals surface area contributed by atoms with Gasteiger partial charge in [-0.25, -0.2) is 4.99 Å². The van der Waals surface area contributed by atoms with E-state index >= 15 is 0 Å². The van der Waals surface area contributed by atoms with Gasteiger partial charge in [0.15, 0.2) is 5.17 Å². The van der Waals surface area contributed by atoms with Gasteiger partial charge in [-0.3, -0.25) is 14.5 Å². The standard InChI is InChI=1S/C22H25N3O3S/c1-4-13-25-21(27)19(14-20(26)23-16-7-5-15(2)6-8-16)29-22(25)24-17-9-11-18(28-3)12-10-17/h5-12,19H,4,13-14H2,1-3H3,(H,23,26)/t19-/m1/s1. The minimum absolute atomic E-state index is 0.0665. The third kappa shape index (κ3) is 5.38. The van der Waals surface area contributed by atoms with Crippen LogP contribution < -0.4 is 10.1 Å². The number of benzene rings is 2.